The number of benzene rings is 1. The fourth-order valence-electron chi connectivity index (χ4n) is 1.77. The SMILES string of the molecule is Cc1cccc(OC(C)C)c1-c1cnoc1N. The number of hydrogen-bond donors (Lipinski definition) is 1. The van der Waals surface area contributed by atoms with E-state index < -0.39 is 0 Å². The maximum Gasteiger partial charge on any atom is 0.230 e. The zero-order chi connectivity index (χ0) is 12.4. The Bertz CT molecular complexity index is 518. The highest BCUT2D eigenvalue weighted by Crippen LogP contribution is 2.36. The van der Waals surface area contributed by atoms with Gasteiger partial charge in [0.2, 0.25) is 5.88 Å². The highest BCUT2D eigenvalue weighted by Gasteiger charge is 2.15. The zero-order valence-corrected chi connectivity index (χ0v) is 10.2. The molecule has 0 bridgehead atoms. The summed E-state index contributed by atoms with van der Waals surface area (Å²) < 4.78 is 10.7. The summed E-state index contributed by atoms with van der Waals surface area (Å²) in [6.07, 6.45) is 1.72. The van der Waals surface area contributed by atoms with Crippen LogP contribution < -0.4 is 10.5 Å². The van der Waals surface area contributed by atoms with Crippen molar-refractivity contribution in [3.63, 3.8) is 0 Å². The maximum atomic E-state index is 5.78. The van der Waals surface area contributed by atoms with Crippen LogP contribution in [0, 0.1) is 6.92 Å². The molecular formula is C13H16N2O2. The molecular weight excluding hydrogens is 216 g/mol. The number of nitrogen functional groups attached to an aromatic ring is 1. The largest absolute Gasteiger partial charge is 0.490 e. The normalized spacial score (nSPS) is 10.8. The molecule has 2 N–H and O–H groups in total. The first-order valence-electron chi connectivity index (χ1n) is 5.56. The molecule has 0 amide bonds. The van der Waals surface area contributed by atoms with Crippen molar-refractivity contribution >= 4 is 5.88 Å². The first kappa shape index (κ1) is 11.5. The first-order chi connectivity index (χ1) is 8.09. The van der Waals surface area contributed by atoms with E-state index in [1.54, 1.807) is 6.20 Å². The van der Waals surface area contributed by atoms with Gasteiger partial charge in [0.15, 0.2) is 0 Å². The molecule has 0 saturated heterocycles. The molecule has 2 rings (SSSR count). The summed E-state index contributed by atoms with van der Waals surface area (Å²) in [6, 6.07) is 5.89. The second-order valence-electron chi connectivity index (χ2n) is 4.22. The minimum Gasteiger partial charge on any atom is -0.490 e. The van der Waals surface area contributed by atoms with Crippen molar-refractivity contribution in [2.75, 3.05) is 5.73 Å². The van der Waals surface area contributed by atoms with E-state index in [-0.39, 0.29) is 6.10 Å². The van der Waals surface area contributed by atoms with E-state index in [9.17, 15) is 0 Å². The minimum absolute atomic E-state index is 0.108. The van der Waals surface area contributed by atoms with Crippen molar-refractivity contribution in [2.24, 2.45) is 0 Å². The minimum atomic E-state index is 0.108. The van der Waals surface area contributed by atoms with E-state index in [2.05, 4.69) is 5.16 Å². The summed E-state index contributed by atoms with van der Waals surface area (Å²) in [6.45, 7) is 5.99. The third kappa shape index (κ3) is 2.25. The summed E-state index contributed by atoms with van der Waals surface area (Å²) >= 11 is 0. The average molecular weight is 232 g/mol. The van der Waals surface area contributed by atoms with Gasteiger partial charge in [0, 0.05) is 5.56 Å². The molecule has 2 aromatic rings. The second-order valence-corrected chi connectivity index (χ2v) is 4.22. The van der Waals surface area contributed by atoms with Crippen LogP contribution in [0.25, 0.3) is 11.1 Å². The van der Waals surface area contributed by atoms with Gasteiger partial charge in [-0.05, 0) is 32.4 Å². The molecule has 1 heterocycles. The predicted molar refractivity (Wildman–Crippen MR) is 66.9 cm³/mol. The van der Waals surface area contributed by atoms with Crippen LogP contribution in [0.4, 0.5) is 5.88 Å². The maximum absolute atomic E-state index is 5.78. The van der Waals surface area contributed by atoms with Crippen LogP contribution in [0.15, 0.2) is 28.9 Å². The van der Waals surface area contributed by atoms with Gasteiger partial charge in [-0.15, -0.1) is 0 Å². The Hall–Kier alpha value is -1.97. The number of anilines is 1. The molecule has 0 aliphatic heterocycles. The molecule has 1 aromatic carbocycles. The lowest BCUT2D eigenvalue weighted by molar-refractivity contribution is 0.243. The van der Waals surface area contributed by atoms with Gasteiger partial charge in [-0.3, -0.25) is 0 Å². The highest BCUT2D eigenvalue weighted by molar-refractivity contribution is 5.79. The monoisotopic (exact) mass is 232 g/mol. The van der Waals surface area contributed by atoms with E-state index in [4.69, 9.17) is 15.0 Å². The van der Waals surface area contributed by atoms with Crippen LogP contribution in [0.5, 0.6) is 5.75 Å². The Morgan fingerprint density at radius 3 is 2.71 bits per heavy atom. The lowest BCUT2D eigenvalue weighted by Crippen LogP contribution is -2.07. The van der Waals surface area contributed by atoms with Crippen molar-refractivity contribution < 1.29 is 9.26 Å². The number of hydrogen-bond acceptors (Lipinski definition) is 4. The van der Waals surface area contributed by atoms with Gasteiger partial charge in [0.05, 0.1) is 17.9 Å². The molecule has 0 aliphatic carbocycles. The molecule has 4 heteroatoms. The van der Waals surface area contributed by atoms with E-state index in [1.807, 2.05) is 39.0 Å². The van der Waals surface area contributed by atoms with Gasteiger partial charge in [-0.2, -0.15) is 0 Å². The quantitative estimate of drug-likeness (QED) is 0.883. The lowest BCUT2D eigenvalue weighted by atomic mass is 10.0. The van der Waals surface area contributed by atoms with Crippen LogP contribution in [-0.2, 0) is 0 Å². The third-order valence-electron chi connectivity index (χ3n) is 2.46. The molecule has 0 radical (unpaired) electrons. The second kappa shape index (κ2) is 4.49. The number of aromatic nitrogens is 1. The van der Waals surface area contributed by atoms with Crippen molar-refractivity contribution in [1.29, 1.82) is 0 Å². The van der Waals surface area contributed by atoms with Crippen molar-refractivity contribution in [2.45, 2.75) is 26.9 Å². The first-order valence-corrected chi connectivity index (χ1v) is 5.56. The van der Waals surface area contributed by atoms with Crippen LogP contribution in [0.1, 0.15) is 19.4 Å². The van der Waals surface area contributed by atoms with Crippen LogP contribution in [0.2, 0.25) is 0 Å². The molecule has 90 valence electrons. The van der Waals surface area contributed by atoms with Gasteiger partial charge >= 0.3 is 0 Å². The Balaban J connectivity index is 2.55. The van der Waals surface area contributed by atoms with Gasteiger partial charge in [-0.25, -0.2) is 0 Å². The Morgan fingerprint density at radius 2 is 2.12 bits per heavy atom. The average Bonchev–Trinajstić information content (AvgIpc) is 2.64. The van der Waals surface area contributed by atoms with Gasteiger partial charge in [0.25, 0.3) is 0 Å². The molecule has 0 unspecified atom stereocenters. The summed E-state index contributed by atoms with van der Waals surface area (Å²) in [7, 11) is 0. The van der Waals surface area contributed by atoms with Crippen LogP contribution >= 0.6 is 0 Å². The number of rotatable bonds is 3. The van der Waals surface area contributed by atoms with E-state index in [0.29, 0.717) is 5.88 Å². The molecule has 0 saturated carbocycles. The topological polar surface area (TPSA) is 61.3 Å². The molecule has 0 fully saturated rings. The Kier molecular flexibility index (Phi) is 3.04. The smallest absolute Gasteiger partial charge is 0.230 e. The molecule has 4 nitrogen and oxygen atoms in total. The van der Waals surface area contributed by atoms with E-state index in [0.717, 1.165) is 22.4 Å². The number of nitrogens with zero attached hydrogens (tertiary/aromatic N) is 1. The molecule has 0 aliphatic rings. The summed E-state index contributed by atoms with van der Waals surface area (Å²) in [5.41, 5.74) is 8.56. The molecule has 0 atom stereocenters. The van der Waals surface area contributed by atoms with Gasteiger partial charge < -0.3 is 15.0 Å². The number of nitrogens with two attached hydrogens (primary N) is 1. The van der Waals surface area contributed by atoms with E-state index >= 15 is 0 Å². The fraction of sp³-hybridized carbons (Fsp3) is 0.308. The summed E-state index contributed by atoms with van der Waals surface area (Å²) in [5, 5.41) is 3.70. The number of ether oxygens (including phenoxy) is 1. The molecule has 0 spiro atoms. The van der Waals surface area contributed by atoms with Crippen LogP contribution in [-0.4, -0.2) is 11.3 Å². The summed E-state index contributed by atoms with van der Waals surface area (Å²) in [5.74, 6) is 1.11. The van der Waals surface area contributed by atoms with E-state index in [1.165, 1.54) is 0 Å². The van der Waals surface area contributed by atoms with Crippen LogP contribution in [0.3, 0.4) is 0 Å². The lowest BCUT2D eigenvalue weighted by Gasteiger charge is -2.15. The molecule has 1 aromatic heterocycles. The highest BCUT2D eigenvalue weighted by atomic mass is 16.5. The fourth-order valence-corrected chi connectivity index (χ4v) is 1.77. The standard InChI is InChI=1S/C13H16N2O2/c1-8(2)16-11-6-4-5-9(3)12(11)10-7-15-17-13(10)14/h4-8H,14H2,1-3H3. The Labute approximate surface area is 100 Å². The molecule has 17 heavy (non-hydrogen) atoms. The zero-order valence-electron chi connectivity index (χ0n) is 10.2. The number of aryl methyl sites for hydroxylation is 1. The van der Waals surface area contributed by atoms with Crippen molar-refractivity contribution in [3.05, 3.63) is 30.0 Å². The Morgan fingerprint density at radius 1 is 1.35 bits per heavy atom. The van der Waals surface area contributed by atoms with Crippen molar-refractivity contribution in [3.8, 4) is 16.9 Å². The summed E-state index contributed by atoms with van der Waals surface area (Å²) in [4.78, 5) is 0. The third-order valence-corrected chi connectivity index (χ3v) is 2.46. The van der Waals surface area contributed by atoms with Gasteiger partial charge in [-0.1, -0.05) is 17.3 Å². The van der Waals surface area contributed by atoms with Gasteiger partial charge in [0.1, 0.15) is 5.75 Å². The predicted octanol–water partition coefficient (Wildman–Crippen LogP) is 3.02. The van der Waals surface area contributed by atoms with Crippen molar-refractivity contribution in [1.82, 2.24) is 5.16 Å².